The van der Waals surface area contributed by atoms with Crippen molar-refractivity contribution >= 4 is 39.5 Å². The zero-order valence-corrected chi connectivity index (χ0v) is 20.6. The minimum Gasteiger partial charge on any atom is -0.457 e. The number of benzene rings is 2. The van der Waals surface area contributed by atoms with Crippen LogP contribution in [0.25, 0.3) is 22.1 Å². The lowest BCUT2D eigenvalue weighted by atomic mass is 9.61. The minimum atomic E-state index is -0.210. The Kier molecular flexibility index (Phi) is 4.80. The van der Waals surface area contributed by atoms with Crippen LogP contribution in [0.2, 0.25) is 0 Å². The van der Waals surface area contributed by atoms with E-state index in [0.717, 1.165) is 59.7 Å². The van der Waals surface area contributed by atoms with E-state index in [9.17, 15) is 5.11 Å². The number of nitrogens with one attached hydrogen (secondary N) is 1. The molecule has 2 aliphatic rings. The van der Waals surface area contributed by atoms with Crippen molar-refractivity contribution in [2.75, 3.05) is 23.3 Å². The quantitative estimate of drug-likeness (QED) is 0.372. The van der Waals surface area contributed by atoms with Gasteiger partial charge in [0.2, 0.25) is 5.95 Å². The summed E-state index contributed by atoms with van der Waals surface area (Å²) in [6.45, 7) is 3.57. The molecular weight excluding hydrogens is 468 g/mol. The fourth-order valence-electron chi connectivity index (χ4n) is 5.28. The van der Waals surface area contributed by atoms with Crippen LogP contribution in [0, 0.1) is 12.3 Å². The van der Waals surface area contributed by atoms with Crippen LogP contribution in [0.1, 0.15) is 18.4 Å². The molecule has 0 bridgehead atoms. The molecule has 2 aromatic carbocycles. The van der Waals surface area contributed by atoms with E-state index >= 15 is 0 Å². The average molecular weight is 495 g/mol. The van der Waals surface area contributed by atoms with E-state index < -0.39 is 0 Å². The van der Waals surface area contributed by atoms with Crippen LogP contribution in [0.15, 0.2) is 55.2 Å². The van der Waals surface area contributed by atoms with Gasteiger partial charge in [0.25, 0.3) is 0 Å². The first-order valence-electron chi connectivity index (χ1n) is 12.3. The molecule has 3 aromatic heterocycles. The second-order valence-corrected chi connectivity index (χ2v) is 10.1. The van der Waals surface area contributed by atoms with E-state index in [2.05, 4.69) is 30.2 Å². The Hall–Kier alpha value is -4.31. The maximum atomic E-state index is 10.1. The number of fused-ring (bicyclic) bond motifs is 2. The molecule has 1 spiro atoms. The molecule has 2 fully saturated rings. The third-order valence-electron chi connectivity index (χ3n) is 7.64. The van der Waals surface area contributed by atoms with Crippen LogP contribution in [0.4, 0.5) is 17.5 Å². The monoisotopic (exact) mass is 494 g/mol. The Morgan fingerprint density at radius 3 is 2.73 bits per heavy atom. The van der Waals surface area contributed by atoms with Crippen LogP contribution >= 0.6 is 0 Å². The molecule has 1 aliphatic heterocycles. The molecule has 10 nitrogen and oxygen atoms in total. The van der Waals surface area contributed by atoms with Crippen molar-refractivity contribution in [1.29, 1.82) is 0 Å². The predicted octanol–water partition coefficient (Wildman–Crippen LogP) is 4.11. The standard InChI is InChI=1S/C27H26N8O2/c1-16-9-17(3-6-22(16)37-18-4-5-21-19(10-18)31-15-34(21)2)32-25-24-20(29-14-30-25)11-28-26(33-24)35-12-27(13-35)8-7-23(27)36/h3-6,9-11,14-15,23,36H,7-8,12-13H2,1-2H3,(H,29,30,32). The Morgan fingerprint density at radius 2 is 1.95 bits per heavy atom. The molecule has 10 heteroatoms. The van der Waals surface area contributed by atoms with Gasteiger partial charge in [-0.1, -0.05) is 0 Å². The molecule has 1 aliphatic carbocycles. The highest BCUT2D eigenvalue weighted by Crippen LogP contribution is 2.49. The molecule has 37 heavy (non-hydrogen) atoms. The van der Waals surface area contributed by atoms with E-state index in [1.54, 1.807) is 12.5 Å². The molecule has 0 radical (unpaired) electrons. The Morgan fingerprint density at radius 1 is 1.05 bits per heavy atom. The zero-order chi connectivity index (χ0) is 25.1. The molecule has 1 saturated carbocycles. The van der Waals surface area contributed by atoms with Crippen LogP contribution < -0.4 is 15.0 Å². The number of anilines is 3. The number of hydrogen-bond donors (Lipinski definition) is 2. The number of aliphatic hydroxyl groups excluding tert-OH is 1. The van der Waals surface area contributed by atoms with Crippen molar-refractivity contribution in [3.8, 4) is 11.5 Å². The number of aromatic nitrogens is 6. The molecule has 1 atom stereocenters. The Balaban J connectivity index is 1.12. The lowest BCUT2D eigenvalue weighted by Crippen LogP contribution is -2.67. The van der Waals surface area contributed by atoms with E-state index in [1.807, 2.05) is 54.9 Å². The molecule has 1 saturated heterocycles. The summed E-state index contributed by atoms with van der Waals surface area (Å²) in [5.74, 6) is 2.76. The fraction of sp³-hybridized carbons (Fsp3) is 0.296. The molecular formula is C27H26N8O2. The SMILES string of the molecule is Cc1cc(Nc2ncnc3cnc(N4CC5(CCC5O)C4)nc23)ccc1Oc1ccc2c(c1)ncn2C. The first kappa shape index (κ1) is 21.9. The second kappa shape index (κ2) is 8.10. The molecule has 1 unspecified atom stereocenters. The summed E-state index contributed by atoms with van der Waals surface area (Å²) in [6.07, 6.45) is 6.77. The molecule has 4 heterocycles. The fourth-order valence-corrected chi connectivity index (χ4v) is 5.28. The van der Waals surface area contributed by atoms with Crippen LogP contribution in [-0.4, -0.2) is 53.8 Å². The number of hydrogen-bond acceptors (Lipinski definition) is 9. The van der Waals surface area contributed by atoms with Gasteiger partial charge < -0.3 is 24.6 Å². The summed E-state index contributed by atoms with van der Waals surface area (Å²) in [6, 6.07) is 11.8. The first-order chi connectivity index (χ1) is 18.0. The third-order valence-corrected chi connectivity index (χ3v) is 7.64. The summed E-state index contributed by atoms with van der Waals surface area (Å²) in [5.41, 5.74) is 5.14. The maximum Gasteiger partial charge on any atom is 0.226 e. The van der Waals surface area contributed by atoms with Crippen molar-refractivity contribution in [2.24, 2.45) is 12.5 Å². The number of aliphatic hydroxyl groups is 1. The van der Waals surface area contributed by atoms with Gasteiger partial charge in [-0.3, -0.25) is 0 Å². The number of aryl methyl sites for hydroxylation is 2. The van der Waals surface area contributed by atoms with Gasteiger partial charge in [-0.2, -0.15) is 0 Å². The highest BCUT2D eigenvalue weighted by molar-refractivity contribution is 5.87. The van der Waals surface area contributed by atoms with E-state index in [1.165, 1.54) is 6.33 Å². The normalized spacial score (nSPS) is 18.1. The topological polar surface area (TPSA) is 114 Å². The minimum absolute atomic E-state index is 0.0251. The predicted molar refractivity (Wildman–Crippen MR) is 140 cm³/mol. The Bertz CT molecular complexity index is 1660. The summed E-state index contributed by atoms with van der Waals surface area (Å²) >= 11 is 0. The van der Waals surface area contributed by atoms with Gasteiger partial charge in [-0.25, -0.2) is 24.9 Å². The number of rotatable bonds is 5. The first-order valence-corrected chi connectivity index (χ1v) is 12.3. The summed E-state index contributed by atoms with van der Waals surface area (Å²) in [4.78, 5) is 24.6. The second-order valence-electron chi connectivity index (χ2n) is 10.1. The van der Waals surface area contributed by atoms with Crippen LogP contribution in [-0.2, 0) is 7.05 Å². The number of ether oxygens (including phenoxy) is 1. The van der Waals surface area contributed by atoms with Crippen molar-refractivity contribution in [1.82, 2.24) is 29.5 Å². The van der Waals surface area contributed by atoms with Crippen molar-refractivity contribution in [2.45, 2.75) is 25.9 Å². The van der Waals surface area contributed by atoms with Gasteiger partial charge in [0, 0.05) is 37.3 Å². The van der Waals surface area contributed by atoms with Gasteiger partial charge in [0.1, 0.15) is 28.9 Å². The van der Waals surface area contributed by atoms with Crippen LogP contribution in [0.3, 0.4) is 0 Å². The van der Waals surface area contributed by atoms with Gasteiger partial charge in [-0.05, 0) is 55.7 Å². The molecule has 186 valence electrons. The highest BCUT2D eigenvalue weighted by atomic mass is 16.5. The summed E-state index contributed by atoms with van der Waals surface area (Å²) < 4.78 is 8.14. The van der Waals surface area contributed by atoms with Gasteiger partial charge in [0.05, 0.1) is 29.7 Å². The number of imidazole rings is 1. The largest absolute Gasteiger partial charge is 0.457 e. The molecule has 2 N–H and O–H groups in total. The van der Waals surface area contributed by atoms with Gasteiger partial charge in [0.15, 0.2) is 5.82 Å². The van der Waals surface area contributed by atoms with Crippen molar-refractivity contribution in [3.05, 3.63) is 60.8 Å². The van der Waals surface area contributed by atoms with Crippen molar-refractivity contribution in [3.63, 3.8) is 0 Å². The maximum absolute atomic E-state index is 10.1. The van der Waals surface area contributed by atoms with Crippen LogP contribution in [0.5, 0.6) is 11.5 Å². The van der Waals surface area contributed by atoms with E-state index in [0.29, 0.717) is 22.8 Å². The summed E-state index contributed by atoms with van der Waals surface area (Å²) in [7, 11) is 1.97. The average Bonchev–Trinajstić information content (AvgIpc) is 3.24. The van der Waals surface area contributed by atoms with Crippen molar-refractivity contribution < 1.29 is 9.84 Å². The lowest BCUT2D eigenvalue weighted by Gasteiger charge is -2.58. The van der Waals surface area contributed by atoms with Gasteiger partial charge >= 0.3 is 0 Å². The molecule has 5 aromatic rings. The molecule has 0 amide bonds. The van der Waals surface area contributed by atoms with E-state index in [-0.39, 0.29) is 11.5 Å². The zero-order valence-electron chi connectivity index (χ0n) is 20.6. The third kappa shape index (κ3) is 3.63. The Labute approximate surface area is 213 Å². The number of nitrogens with zero attached hydrogens (tertiary/aromatic N) is 7. The highest BCUT2D eigenvalue weighted by Gasteiger charge is 2.54. The molecule has 7 rings (SSSR count). The van der Waals surface area contributed by atoms with E-state index in [4.69, 9.17) is 9.72 Å². The lowest BCUT2D eigenvalue weighted by molar-refractivity contribution is -0.0827. The summed E-state index contributed by atoms with van der Waals surface area (Å²) in [5, 5.41) is 13.5. The van der Waals surface area contributed by atoms with Gasteiger partial charge in [-0.15, -0.1) is 0 Å². The smallest absolute Gasteiger partial charge is 0.226 e.